The molecular formula is C14H23N5O4. The van der Waals surface area contributed by atoms with Crippen LogP contribution in [0.2, 0.25) is 0 Å². The van der Waals surface area contributed by atoms with Gasteiger partial charge in [0.2, 0.25) is 5.91 Å². The molecule has 1 N–H and O–H groups in total. The number of nitrogens with one attached hydrogen (secondary N) is 1. The maximum absolute atomic E-state index is 11.9. The van der Waals surface area contributed by atoms with Gasteiger partial charge in [0.25, 0.3) is 0 Å². The van der Waals surface area contributed by atoms with Crippen molar-refractivity contribution in [2.75, 3.05) is 26.3 Å². The van der Waals surface area contributed by atoms with Crippen LogP contribution in [0.15, 0.2) is 12.4 Å². The average molecular weight is 325 g/mol. The lowest BCUT2D eigenvalue weighted by Crippen LogP contribution is -2.51. The standard InChI is InChI=1S/C14H23N5O4/c1-11(18-5-6-23-10-12(18)2)7-15-14(20)3-4-17-9-13(8-16-17)19(21)22/h8-9,11-12H,3-7,10H2,1-2H3,(H,15,20)/t11-,12+/m1/s1. The first kappa shape index (κ1) is 17.4. The van der Waals surface area contributed by atoms with Crippen molar-refractivity contribution >= 4 is 11.6 Å². The molecule has 0 bridgehead atoms. The summed E-state index contributed by atoms with van der Waals surface area (Å²) in [6, 6.07) is 0.587. The van der Waals surface area contributed by atoms with E-state index in [0.717, 1.165) is 19.8 Å². The second-order valence-corrected chi connectivity index (χ2v) is 5.78. The second-order valence-electron chi connectivity index (χ2n) is 5.78. The summed E-state index contributed by atoms with van der Waals surface area (Å²) in [5.41, 5.74) is -0.0691. The highest BCUT2D eigenvalue weighted by Gasteiger charge is 2.23. The van der Waals surface area contributed by atoms with E-state index in [4.69, 9.17) is 4.74 Å². The molecule has 128 valence electrons. The van der Waals surface area contributed by atoms with Crippen LogP contribution in [0, 0.1) is 10.1 Å². The number of aryl methyl sites for hydroxylation is 1. The molecule has 1 aliphatic rings. The van der Waals surface area contributed by atoms with Crippen molar-refractivity contribution in [3.05, 3.63) is 22.5 Å². The number of hydrogen-bond donors (Lipinski definition) is 1. The minimum atomic E-state index is -0.505. The number of carbonyl (C=O) groups excluding carboxylic acids is 1. The highest BCUT2D eigenvalue weighted by atomic mass is 16.6. The van der Waals surface area contributed by atoms with E-state index in [1.165, 1.54) is 17.1 Å². The summed E-state index contributed by atoms with van der Waals surface area (Å²) in [6.07, 6.45) is 2.75. The summed E-state index contributed by atoms with van der Waals surface area (Å²) in [5, 5.41) is 17.3. The average Bonchev–Trinajstić information content (AvgIpc) is 3.00. The van der Waals surface area contributed by atoms with E-state index in [-0.39, 0.29) is 24.1 Å². The van der Waals surface area contributed by atoms with Crippen molar-refractivity contribution in [2.45, 2.75) is 38.9 Å². The zero-order valence-corrected chi connectivity index (χ0v) is 13.5. The van der Waals surface area contributed by atoms with Crippen LogP contribution >= 0.6 is 0 Å². The van der Waals surface area contributed by atoms with Crippen molar-refractivity contribution < 1.29 is 14.5 Å². The fraction of sp³-hybridized carbons (Fsp3) is 0.714. The van der Waals surface area contributed by atoms with Gasteiger partial charge in [-0.05, 0) is 13.8 Å². The quantitative estimate of drug-likeness (QED) is 0.575. The Morgan fingerprint density at radius 1 is 1.65 bits per heavy atom. The van der Waals surface area contributed by atoms with Gasteiger partial charge in [-0.15, -0.1) is 0 Å². The molecule has 1 saturated heterocycles. The minimum Gasteiger partial charge on any atom is -0.379 e. The van der Waals surface area contributed by atoms with E-state index in [0.29, 0.717) is 19.1 Å². The molecule has 2 atom stereocenters. The molecule has 0 saturated carbocycles. The molecule has 0 radical (unpaired) electrons. The third-order valence-electron chi connectivity index (χ3n) is 3.98. The molecule has 9 heteroatoms. The van der Waals surface area contributed by atoms with Gasteiger partial charge in [-0.25, -0.2) is 0 Å². The monoisotopic (exact) mass is 325 g/mol. The lowest BCUT2D eigenvalue weighted by Gasteiger charge is -2.37. The van der Waals surface area contributed by atoms with Crippen molar-refractivity contribution in [3.8, 4) is 0 Å². The number of nitro groups is 1. The molecular weight excluding hydrogens is 302 g/mol. The van der Waals surface area contributed by atoms with Crippen LogP contribution in [0.25, 0.3) is 0 Å². The third-order valence-corrected chi connectivity index (χ3v) is 3.98. The Bertz CT molecular complexity index is 547. The van der Waals surface area contributed by atoms with E-state index in [1.54, 1.807) is 0 Å². The van der Waals surface area contributed by atoms with Crippen LogP contribution in [0.5, 0.6) is 0 Å². The van der Waals surface area contributed by atoms with Gasteiger partial charge in [0, 0.05) is 38.1 Å². The van der Waals surface area contributed by atoms with Crippen LogP contribution in [-0.2, 0) is 16.1 Å². The number of amides is 1. The van der Waals surface area contributed by atoms with Crippen LogP contribution in [-0.4, -0.2) is 63.9 Å². The topological polar surface area (TPSA) is 103 Å². The minimum absolute atomic E-state index is 0.0691. The Morgan fingerprint density at radius 3 is 3.09 bits per heavy atom. The van der Waals surface area contributed by atoms with Gasteiger partial charge < -0.3 is 10.1 Å². The smallest absolute Gasteiger partial charge is 0.306 e. The van der Waals surface area contributed by atoms with Gasteiger partial charge in [-0.3, -0.25) is 24.5 Å². The van der Waals surface area contributed by atoms with E-state index in [1.807, 2.05) is 0 Å². The molecule has 1 fully saturated rings. The zero-order valence-electron chi connectivity index (χ0n) is 13.5. The van der Waals surface area contributed by atoms with Crippen LogP contribution in [0.4, 0.5) is 5.69 Å². The lowest BCUT2D eigenvalue weighted by atomic mass is 10.2. The summed E-state index contributed by atoms with van der Waals surface area (Å²) >= 11 is 0. The fourth-order valence-corrected chi connectivity index (χ4v) is 2.65. The van der Waals surface area contributed by atoms with Gasteiger partial charge in [0.15, 0.2) is 0 Å². The molecule has 1 aliphatic heterocycles. The second kappa shape index (κ2) is 8.02. The van der Waals surface area contributed by atoms with E-state index in [9.17, 15) is 14.9 Å². The van der Waals surface area contributed by atoms with E-state index >= 15 is 0 Å². The molecule has 9 nitrogen and oxygen atoms in total. The number of carbonyl (C=O) groups is 1. The summed E-state index contributed by atoms with van der Waals surface area (Å²) < 4.78 is 6.82. The summed E-state index contributed by atoms with van der Waals surface area (Å²) in [6.45, 7) is 7.40. The predicted molar refractivity (Wildman–Crippen MR) is 83.0 cm³/mol. The van der Waals surface area contributed by atoms with Gasteiger partial charge in [-0.2, -0.15) is 5.10 Å². The number of morpholine rings is 1. The molecule has 0 spiro atoms. The summed E-state index contributed by atoms with van der Waals surface area (Å²) in [4.78, 5) is 24.3. The Kier molecular flexibility index (Phi) is 6.05. The first-order valence-corrected chi connectivity index (χ1v) is 7.74. The van der Waals surface area contributed by atoms with E-state index < -0.39 is 4.92 Å². The molecule has 23 heavy (non-hydrogen) atoms. The van der Waals surface area contributed by atoms with Crippen LogP contribution in [0.1, 0.15) is 20.3 Å². The highest BCUT2D eigenvalue weighted by molar-refractivity contribution is 5.75. The summed E-state index contributed by atoms with van der Waals surface area (Å²) in [7, 11) is 0. The lowest BCUT2D eigenvalue weighted by molar-refractivity contribution is -0.385. The first-order valence-electron chi connectivity index (χ1n) is 7.74. The number of aromatic nitrogens is 2. The maximum atomic E-state index is 11.9. The molecule has 0 unspecified atom stereocenters. The first-order chi connectivity index (χ1) is 11.0. The van der Waals surface area contributed by atoms with Gasteiger partial charge >= 0.3 is 5.69 Å². The largest absolute Gasteiger partial charge is 0.379 e. The number of hydrogen-bond acceptors (Lipinski definition) is 6. The number of nitrogens with zero attached hydrogens (tertiary/aromatic N) is 4. The molecule has 0 aliphatic carbocycles. The summed E-state index contributed by atoms with van der Waals surface area (Å²) in [5.74, 6) is -0.0871. The Hall–Kier alpha value is -2.00. The van der Waals surface area contributed by atoms with Crippen molar-refractivity contribution in [1.82, 2.24) is 20.0 Å². The molecule has 1 aromatic heterocycles. The van der Waals surface area contributed by atoms with Crippen LogP contribution in [0.3, 0.4) is 0 Å². The Labute approximate surface area is 134 Å². The Morgan fingerprint density at radius 2 is 2.43 bits per heavy atom. The maximum Gasteiger partial charge on any atom is 0.306 e. The number of rotatable bonds is 7. The van der Waals surface area contributed by atoms with Crippen molar-refractivity contribution in [2.24, 2.45) is 0 Å². The SMILES string of the molecule is C[C@H](CNC(=O)CCn1cc([N+](=O)[O-])cn1)N1CCOC[C@@H]1C. The molecule has 2 heterocycles. The van der Waals surface area contributed by atoms with Gasteiger partial charge in [0.05, 0.1) is 18.1 Å². The Balaban J connectivity index is 1.70. The molecule has 1 amide bonds. The van der Waals surface area contributed by atoms with Crippen LogP contribution < -0.4 is 5.32 Å². The van der Waals surface area contributed by atoms with E-state index in [2.05, 4.69) is 29.2 Å². The normalized spacial score (nSPS) is 20.2. The highest BCUT2D eigenvalue weighted by Crippen LogP contribution is 2.10. The zero-order chi connectivity index (χ0) is 16.8. The van der Waals surface area contributed by atoms with Gasteiger partial charge in [0.1, 0.15) is 12.4 Å². The van der Waals surface area contributed by atoms with Crippen molar-refractivity contribution in [1.29, 1.82) is 0 Å². The molecule has 0 aromatic carbocycles. The van der Waals surface area contributed by atoms with Crippen molar-refractivity contribution in [3.63, 3.8) is 0 Å². The third kappa shape index (κ3) is 5.00. The van der Waals surface area contributed by atoms with Gasteiger partial charge in [-0.1, -0.05) is 0 Å². The number of ether oxygens (including phenoxy) is 1. The fourth-order valence-electron chi connectivity index (χ4n) is 2.65. The molecule has 2 rings (SSSR count). The molecule has 1 aromatic rings. The predicted octanol–water partition coefficient (Wildman–Crippen LogP) is 0.407.